The molecule has 0 saturated carbocycles. The molecule has 0 fully saturated rings. The summed E-state index contributed by atoms with van der Waals surface area (Å²) in [6.07, 6.45) is 3.47. The molecule has 36 heavy (non-hydrogen) atoms. The number of hydrogen-bond donors (Lipinski definition) is 2. The second kappa shape index (κ2) is 11.3. The van der Waals surface area contributed by atoms with E-state index < -0.39 is 10.0 Å². The molecule has 0 saturated heterocycles. The molecule has 0 atom stereocenters. The molecule has 3 aromatic rings. The molecule has 0 unspecified atom stereocenters. The molecule has 1 heterocycles. The number of amides is 2. The van der Waals surface area contributed by atoms with Gasteiger partial charge in [-0.1, -0.05) is 13.3 Å². The van der Waals surface area contributed by atoms with E-state index in [0.29, 0.717) is 42.4 Å². The normalized spacial score (nSPS) is 13.0. The Kier molecular flexibility index (Phi) is 8.00. The third-order valence-electron chi connectivity index (χ3n) is 5.94. The summed E-state index contributed by atoms with van der Waals surface area (Å²) in [6, 6.07) is 18.5. The summed E-state index contributed by atoms with van der Waals surface area (Å²) in [5.41, 5.74) is 2.73. The number of sulfonamides is 1. The van der Waals surface area contributed by atoms with E-state index in [1.165, 1.54) is 11.4 Å². The molecule has 0 spiro atoms. The van der Waals surface area contributed by atoms with Crippen molar-refractivity contribution in [2.24, 2.45) is 0 Å². The number of carbonyl (C=O) groups is 1. The molecule has 9 heteroatoms. The summed E-state index contributed by atoms with van der Waals surface area (Å²) in [4.78, 5) is 12.7. The van der Waals surface area contributed by atoms with Gasteiger partial charge >= 0.3 is 6.03 Å². The van der Waals surface area contributed by atoms with Gasteiger partial charge in [-0.2, -0.15) is 0 Å². The number of nitrogens with one attached hydrogen (secondary N) is 2. The highest BCUT2D eigenvalue weighted by molar-refractivity contribution is 7.92. The molecule has 0 aliphatic carbocycles. The van der Waals surface area contributed by atoms with Gasteiger partial charge in [-0.3, -0.25) is 4.31 Å². The Bertz CT molecular complexity index is 1290. The molecule has 190 valence electrons. The predicted octanol–water partition coefficient (Wildman–Crippen LogP) is 5.66. The Labute approximate surface area is 212 Å². The highest BCUT2D eigenvalue weighted by Crippen LogP contribution is 2.34. The molecule has 3 aromatic carbocycles. The summed E-state index contributed by atoms with van der Waals surface area (Å²) >= 11 is 0. The summed E-state index contributed by atoms with van der Waals surface area (Å²) in [6.45, 7) is 3.17. The number of methoxy groups -OCH3 is 1. The lowest BCUT2D eigenvalue weighted by Crippen LogP contribution is -2.35. The zero-order chi connectivity index (χ0) is 25.5. The summed E-state index contributed by atoms with van der Waals surface area (Å²) in [5.74, 6) is 1.36. The van der Waals surface area contributed by atoms with E-state index in [1.54, 1.807) is 48.5 Å². The van der Waals surface area contributed by atoms with Gasteiger partial charge in [0.2, 0.25) is 0 Å². The minimum absolute atomic E-state index is 0.208. The molecule has 1 aliphatic rings. The number of anilines is 3. The lowest BCUT2D eigenvalue weighted by molar-refractivity contribution is 0.262. The third-order valence-corrected chi connectivity index (χ3v) is 7.77. The maximum absolute atomic E-state index is 13.3. The van der Waals surface area contributed by atoms with Crippen LogP contribution in [0, 0.1) is 0 Å². The van der Waals surface area contributed by atoms with Crippen molar-refractivity contribution in [3.8, 4) is 11.5 Å². The van der Waals surface area contributed by atoms with E-state index in [-0.39, 0.29) is 10.9 Å². The molecule has 0 radical (unpaired) electrons. The third kappa shape index (κ3) is 5.91. The number of nitrogens with zero attached hydrogens (tertiary/aromatic N) is 1. The first-order valence-corrected chi connectivity index (χ1v) is 13.5. The summed E-state index contributed by atoms with van der Waals surface area (Å²) in [5, 5.41) is 5.64. The van der Waals surface area contributed by atoms with E-state index in [4.69, 9.17) is 9.47 Å². The van der Waals surface area contributed by atoms with Crippen molar-refractivity contribution < 1.29 is 22.7 Å². The topological polar surface area (TPSA) is 97.0 Å². The van der Waals surface area contributed by atoms with Crippen molar-refractivity contribution in [2.75, 3.05) is 35.2 Å². The number of carbonyl (C=O) groups excluding carboxylic acids is 1. The Morgan fingerprint density at radius 2 is 1.61 bits per heavy atom. The number of hydrogen-bond acceptors (Lipinski definition) is 5. The highest BCUT2D eigenvalue weighted by atomic mass is 32.2. The van der Waals surface area contributed by atoms with Crippen molar-refractivity contribution in [3.63, 3.8) is 0 Å². The van der Waals surface area contributed by atoms with Gasteiger partial charge in [0.15, 0.2) is 0 Å². The van der Waals surface area contributed by atoms with Crippen LogP contribution in [0.4, 0.5) is 21.9 Å². The molecule has 2 N–H and O–H groups in total. The molecule has 2 amide bonds. The van der Waals surface area contributed by atoms with Crippen LogP contribution in [0.5, 0.6) is 11.5 Å². The number of benzene rings is 3. The lowest BCUT2D eigenvalue weighted by atomic mass is 10.0. The van der Waals surface area contributed by atoms with Crippen molar-refractivity contribution in [1.82, 2.24) is 0 Å². The van der Waals surface area contributed by atoms with Crippen LogP contribution in [0.2, 0.25) is 0 Å². The van der Waals surface area contributed by atoms with E-state index in [9.17, 15) is 13.2 Å². The van der Waals surface area contributed by atoms with Crippen molar-refractivity contribution in [2.45, 2.75) is 37.5 Å². The fraction of sp³-hybridized carbons (Fsp3) is 0.296. The Hall–Kier alpha value is -3.72. The standard InChI is InChI=1S/C27H31N3O5S/c1-3-4-18-35-24-10-7-21(8-11-24)28-27(31)29-22-9-16-26-20(19-22)6-5-17-30(26)36(32,33)25-14-12-23(34-2)13-15-25/h7-16,19H,3-6,17-18H2,1-2H3,(H2,28,29,31). The molecule has 0 aromatic heterocycles. The van der Waals surface area contributed by atoms with Gasteiger partial charge in [0.25, 0.3) is 10.0 Å². The number of rotatable bonds is 9. The first-order valence-electron chi connectivity index (χ1n) is 12.0. The fourth-order valence-corrected chi connectivity index (χ4v) is 5.57. The van der Waals surface area contributed by atoms with E-state index in [2.05, 4.69) is 17.6 Å². The summed E-state index contributed by atoms with van der Waals surface area (Å²) in [7, 11) is -2.18. The van der Waals surface area contributed by atoms with Crippen molar-refractivity contribution in [3.05, 3.63) is 72.3 Å². The van der Waals surface area contributed by atoms with Gasteiger partial charge in [-0.25, -0.2) is 13.2 Å². The SMILES string of the molecule is CCCCOc1ccc(NC(=O)Nc2ccc3c(c2)CCCN3S(=O)(=O)c2ccc(OC)cc2)cc1. The quantitative estimate of drug-likeness (QED) is 0.363. The molecule has 8 nitrogen and oxygen atoms in total. The number of urea groups is 1. The number of unbranched alkanes of at least 4 members (excludes halogenated alkanes) is 1. The van der Waals surface area contributed by atoms with Crippen LogP contribution in [-0.2, 0) is 16.4 Å². The largest absolute Gasteiger partial charge is 0.497 e. The maximum atomic E-state index is 13.3. The zero-order valence-corrected chi connectivity index (χ0v) is 21.3. The van der Waals surface area contributed by atoms with Crippen molar-refractivity contribution in [1.29, 1.82) is 0 Å². The van der Waals surface area contributed by atoms with Gasteiger partial charge in [0.1, 0.15) is 11.5 Å². The van der Waals surface area contributed by atoms with Gasteiger partial charge in [0, 0.05) is 17.9 Å². The van der Waals surface area contributed by atoms with Crippen LogP contribution in [0.1, 0.15) is 31.7 Å². The maximum Gasteiger partial charge on any atom is 0.323 e. The minimum Gasteiger partial charge on any atom is -0.497 e. The van der Waals surface area contributed by atoms with Crippen molar-refractivity contribution >= 4 is 33.1 Å². The van der Waals surface area contributed by atoms with Crippen LogP contribution in [0.25, 0.3) is 0 Å². The van der Waals surface area contributed by atoms with Crippen LogP contribution >= 0.6 is 0 Å². The molecular weight excluding hydrogens is 478 g/mol. The number of aryl methyl sites for hydroxylation is 1. The van der Waals surface area contributed by atoms with E-state index in [0.717, 1.165) is 30.6 Å². The predicted molar refractivity (Wildman–Crippen MR) is 142 cm³/mol. The Morgan fingerprint density at radius 3 is 2.31 bits per heavy atom. The second-order valence-corrected chi connectivity index (χ2v) is 10.4. The molecule has 0 bridgehead atoms. The first kappa shape index (κ1) is 25.4. The monoisotopic (exact) mass is 509 g/mol. The van der Waals surface area contributed by atoms with Crippen LogP contribution in [0.3, 0.4) is 0 Å². The number of fused-ring (bicyclic) bond motifs is 1. The highest BCUT2D eigenvalue weighted by Gasteiger charge is 2.29. The Balaban J connectivity index is 1.43. The number of ether oxygens (including phenoxy) is 2. The zero-order valence-electron chi connectivity index (χ0n) is 20.5. The van der Waals surface area contributed by atoms with E-state index in [1.807, 2.05) is 18.2 Å². The Morgan fingerprint density at radius 1 is 0.944 bits per heavy atom. The first-order chi connectivity index (χ1) is 17.4. The average Bonchev–Trinajstić information content (AvgIpc) is 2.89. The molecular formula is C27H31N3O5S. The van der Waals surface area contributed by atoms with Crippen LogP contribution in [0.15, 0.2) is 71.6 Å². The molecule has 1 aliphatic heterocycles. The smallest absolute Gasteiger partial charge is 0.323 e. The average molecular weight is 510 g/mol. The minimum atomic E-state index is -3.72. The summed E-state index contributed by atoms with van der Waals surface area (Å²) < 4.78 is 38.8. The van der Waals surface area contributed by atoms with E-state index >= 15 is 0 Å². The van der Waals surface area contributed by atoms with Gasteiger partial charge in [-0.15, -0.1) is 0 Å². The van der Waals surface area contributed by atoms with Gasteiger partial charge < -0.3 is 20.1 Å². The van der Waals surface area contributed by atoms with Crippen LogP contribution < -0.4 is 24.4 Å². The lowest BCUT2D eigenvalue weighted by Gasteiger charge is -2.31. The van der Waals surface area contributed by atoms with Crippen LogP contribution in [-0.4, -0.2) is 34.7 Å². The fourth-order valence-electron chi connectivity index (χ4n) is 4.03. The van der Waals surface area contributed by atoms with Gasteiger partial charge in [0.05, 0.1) is 24.3 Å². The van der Waals surface area contributed by atoms with Gasteiger partial charge in [-0.05, 0) is 91.6 Å². The molecule has 4 rings (SSSR count). The second-order valence-electron chi connectivity index (χ2n) is 8.51.